The Morgan fingerprint density at radius 3 is 3.12 bits per heavy atom. The van der Waals surface area contributed by atoms with Crippen molar-refractivity contribution in [3.8, 4) is 0 Å². The molecule has 1 aliphatic rings. The monoisotopic (exact) mass is 227 g/mol. The van der Waals surface area contributed by atoms with Crippen LogP contribution in [0, 0.1) is 0 Å². The molecule has 0 radical (unpaired) electrons. The first kappa shape index (κ1) is 6.12. The predicted molar refractivity (Wildman–Crippen MR) is 38.2 cm³/mol. The number of oxime groups is 1. The fourth-order valence-electron chi connectivity index (χ4n) is 0.388. The van der Waals surface area contributed by atoms with Crippen molar-refractivity contribution in [3.05, 3.63) is 0 Å². The van der Waals surface area contributed by atoms with Gasteiger partial charge in [-0.2, -0.15) is 0 Å². The molecule has 1 aliphatic heterocycles. The van der Waals surface area contributed by atoms with Crippen molar-refractivity contribution in [2.24, 2.45) is 5.16 Å². The maximum absolute atomic E-state index is 5.00. The van der Waals surface area contributed by atoms with Gasteiger partial charge in [0.05, 0.1) is 0 Å². The zero-order valence-corrected chi connectivity index (χ0v) is 6.37. The Hall–Kier alpha value is 0. The van der Waals surface area contributed by atoms with Crippen molar-refractivity contribution in [3.63, 3.8) is 0 Å². The molecule has 0 spiro atoms. The molecule has 0 bridgehead atoms. The molecule has 0 fully saturated rings. The zero-order chi connectivity index (χ0) is 5.82. The highest BCUT2D eigenvalue weighted by Crippen LogP contribution is 2.00. The lowest BCUT2D eigenvalue weighted by molar-refractivity contribution is 0.0297. The summed E-state index contributed by atoms with van der Waals surface area (Å²) in [4.78, 5) is 4.71. The molecular formula is C4H6INO2. The van der Waals surface area contributed by atoms with Gasteiger partial charge in [0.15, 0.2) is 6.61 Å². The molecule has 1 unspecified atom stereocenters. The predicted octanol–water partition coefficient (Wildman–Crippen LogP) is 0.780. The maximum Gasteiger partial charge on any atom is 0.212 e. The van der Waals surface area contributed by atoms with Crippen LogP contribution in [0.5, 0.6) is 0 Å². The van der Waals surface area contributed by atoms with Crippen molar-refractivity contribution < 1.29 is 9.57 Å². The summed E-state index contributed by atoms with van der Waals surface area (Å²) in [7, 11) is 0. The highest BCUT2D eigenvalue weighted by molar-refractivity contribution is 14.1. The number of alkyl halides is 1. The molecule has 1 heterocycles. The molecule has 0 saturated heterocycles. The van der Waals surface area contributed by atoms with Crippen LogP contribution >= 0.6 is 22.6 Å². The van der Waals surface area contributed by atoms with E-state index < -0.39 is 0 Å². The molecule has 0 saturated carbocycles. The number of hydrogen-bond donors (Lipinski definition) is 0. The van der Waals surface area contributed by atoms with E-state index >= 15 is 0 Å². The van der Waals surface area contributed by atoms with Gasteiger partial charge in [0.1, 0.15) is 6.10 Å². The number of ether oxygens (including phenoxy) is 1. The third-order valence-electron chi connectivity index (χ3n) is 0.803. The minimum absolute atomic E-state index is 0.202. The maximum atomic E-state index is 5.00. The Balaban J connectivity index is 2.27. The van der Waals surface area contributed by atoms with Gasteiger partial charge in [-0.1, -0.05) is 27.7 Å². The molecule has 4 heteroatoms. The fourth-order valence-corrected chi connectivity index (χ4v) is 0.850. The highest BCUT2D eigenvalue weighted by Gasteiger charge is 2.09. The summed E-state index contributed by atoms with van der Waals surface area (Å²) >= 11 is 2.24. The fraction of sp³-hybridized carbons (Fsp3) is 0.750. The summed E-state index contributed by atoms with van der Waals surface area (Å²) < 4.78 is 5.95. The minimum atomic E-state index is 0.202. The lowest BCUT2D eigenvalue weighted by Crippen LogP contribution is -2.22. The molecule has 8 heavy (non-hydrogen) atoms. The molecule has 0 aliphatic carbocycles. The van der Waals surface area contributed by atoms with Crippen LogP contribution < -0.4 is 0 Å². The lowest BCUT2D eigenvalue weighted by atomic mass is 10.4. The molecule has 1 rings (SSSR count). The van der Waals surface area contributed by atoms with E-state index in [1.165, 1.54) is 6.40 Å². The van der Waals surface area contributed by atoms with Gasteiger partial charge in [-0.05, 0) is 0 Å². The number of nitrogens with zero attached hydrogens (tertiary/aromatic N) is 1. The summed E-state index contributed by atoms with van der Waals surface area (Å²) in [6.45, 7) is 0.583. The van der Waals surface area contributed by atoms with Gasteiger partial charge in [0.2, 0.25) is 6.40 Å². The van der Waals surface area contributed by atoms with Crippen molar-refractivity contribution >= 4 is 29.0 Å². The minimum Gasteiger partial charge on any atom is -0.473 e. The first-order valence-electron chi connectivity index (χ1n) is 2.28. The van der Waals surface area contributed by atoms with Crippen LogP contribution in [0.2, 0.25) is 0 Å². The van der Waals surface area contributed by atoms with Gasteiger partial charge in [-0.15, -0.1) is 0 Å². The van der Waals surface area contributed by atoms with E-state index in [9.17, 15) is 0 Å². The molecule has 0 N–H and O–H groups in total. The molecular weight excluding hydrogens is 221 g/mol. The van der Waals surface area contributed by atoms with Crippen LogP contribution in [-0.4, -0.2) is 23.5 Å². The molecule has 46 valence electrons. The van der Waals surface area contributed by atoms with Crippen LogP contribution in [0.4, 0.5) is 0 Å². The third kappa shape index (κ3) is 1.50. The normalized spacial score (nSPS) is 26.4. The molecule has 0 aromatic rings. The first-order valence-corrected chi connectivity index (χ1v) is 3.81. The lowest BCUT2D eigenvalue weighted by Gasteiger charge is -2.14. The second kappa shape index (κ2) is 3.11. The quantitative estimate of drug-likeness (QED) is 0.489. The van der Waals surface area contributed by atoms with Gasteiger partial charge in [-0.3, -0.25) is 0 Å². The molecule has 0 aromatic carbocycles. The first-order chi connectivity index (χ1) is 3.93. The van der Waals surface area contributed by atoms with Crippen LogP contribution in [0.25, 0.3) is 0 Å². The number of halogens is 1. The Morgan fingerprint density at radius 2 is 2.75 bits per heavy atom. The van der Waals surface area contributed by atoms with Gasteiger partial charge < -0.3 is 9.57 Å². The van der Waals surface area contributed by atoms with Gasteiger partial charge in [0.25, 0.3) is 0 Å². The Kier molecular flexibility index (Phi) is 2.38. The van der Waals surface area contributed by atoms with Crippen LogP contribution in [-0.2, 0) is 9.57 Å². The second-order valence-corrected chi connectivity index (χ2v) is 2.30. The molecule has 3 nitrogen and oxygen atoms in total. The van der Waals surface area contributed by atoms with Crippen molar-refractivity contribution in [1.29, 1.82) is 0 Å². The Bertz CT molecular complexity index is 96.0. The van der Waals surface area contributed by atoms with E-state index in [2.05, 4.69) is 27.7 Å². The second-order valence-electron chi connectivity index (χ2n) is 1.42. The Labute approximate surface area is 61.2 Å². The van der Waals surface area contributed by atoms with Gasteiger partial charge in [-0.25, -0.2) is 0 Å². The largest absolute Gasteiger partial charge is 0.473 e. The standard InChI is InChI=1S/C4H6INO2/c5-1-4-2-8-6-3-7-4/h3-4H,1-2H2. The van der Waals surface area contributed by atoms with E-state index in [1.54, 1.807) is 0 Å². The highest BCUT2D eigenvalue weighted by atomic mass is 127. The van der Waals surface area contributed by atoms with E-state index in [4.69, 9.17) is 9.57 Å². The summed E-state index contributed by atoms with van der Waals surface area (Å²) in [5, 5.41) is 3.42. The summed E-state index contributed by atoms with van der Waals surface area (Å²) in [6.07, 6.45) is 1.54. The van der Waals surface area contributed by atoms with E-state index in [1.807, 2.05) is 0 Å². The van der Waals surface area contributed by atoms with Gasteiger partial charge >= 0.3 is 0 Å². The Morgan fingerprint density at radius 1 is 1.88 bits per heavy atom. The third-order valence-corrected chi connectivity index (χ3v) is 1.79. The average molecular weight is 227 g/mol. The SMILES string of the molecule is ICC1CON=CO1. The van der Waals surface area contributed by atoms with Crippen molar-refractivity contribution in [1.82, 2.24) is 0 Å². The van der Waals surface area contributed by atoms with E-state index in [-0.39, 0.29) is 6.10 Å². The zero-order valence-electron chi connectivity index (χ0n) is 4.21. The number of rotatable bonds is 1. The topological polar surface area (TPSA) is 30.8 Å². The summed E-state index contributed by atoms with van der Waals surface area (Å²) in [5.74, 6) is 0. The van der Waals surface area contributed by atoms with Crippen LogP contribution in [0.1, 0.15) is 0 Å². The summed E-state index contributed by atoms with van der Waals surface area (Å²) in [5.41, 5.74) is 0. The average Bonchev–Trinajstić information content (AvgIpc) is 1.90. The van der Waals surface area contributed by atoms with Crippen molar-refractivity contribution in [2.45, 2.75) is 6.10 Å². The number of hydrogen-bond acceptors (Lipinski definition) is 3. The van der Waals surface area contributed by atoms with Crippen molar-refractivity contribution in [2.75, 3.05) is 11.0 Å². The van der Waals surface area contributed by atoms with Crippen LogP contribution in [0.3, 0.4) is 0 Å². The summed E-state index contributed by atoms with van der Waals surface area (Å²) in [6, 6.07) is 0. The van der Waals surface area contributed by atoms with E-state index in [0.29, 0.717) is 6.61 Å². The van der Waals surface area contributed by atoms with E-state index in [0.717, 1.165) is 4.43 Å². The molecule has 0 aromatic heterocycles. The smallest absolute Gasteiger partial charge is 0.212 e. The molecule has 0 amide bonds. The van der Waals surface area contributed by atoms with Crippen LogP contribution in [0.15, 0.2) is 5.16 Å². The van der Waals surface area contributed by atoms with Gasteiger partial charge in [0, 0.05) is 4.43 Å². The molecule has 1 atom stereocenters.